The summed E-state index contributed by atoms with van der Waals surface area (Å²) < 4.78 is 27.1. The smallest absolute Gasteiger partial charge is 0.128 e. The Bertz CT molecular complexity index is 377. The molecule has 3 heteroatoms. The maximum absolute atomic E-state index is 13.8. The Morgan fingerprint density at radius 3 is 2.39 bits per heavy atom. The van der Waals surface area contributed by atoms with Crippen LogP contribution >= 0.6 is 0 Å². The zero-order valence-electron chi connectivity index (χ0n) is 11.6. The molecule has 102 valence electrons. The molecule has 0 fully saturated rings. The average molecular weight is 255 g/mol. The molecular weight excluding hydrogens is 232 g/mol. The summed E-state index contributed by atoms with van der Waals surface area (Å²) in [5.74, 6) is 0.0861. The number of hydrogen-bond acceptors (Lipinski definition) is 1. The van der Waals surface area contributed by atoms with Gasteiger partial charge >= 0.3 is 0 Å². The van der Waals surface area contributed by atoms with E-state index in [1.807, 2.05) is 6.92 Å². The van der Waals surface area contributed by atoms with Crippen LogP contribution in [0.15, 0.2) is 18.2 Å². The first-order valence-electron chi connectivity index (χ1n) is 6.64. The summed E-state index contributed by atoms with van der Waals surface area (Å²) >= 11 is 0. The van der Waals surface area contributed by atoms with E-state index in [1.165, 1.54) is 12.1 Å². The summed E-state index contributed by atoms with van der Waals surface area (Å²) in [6, 6.07) is 3.54. The van der Waals surface area contributed by atoms with E-state index in [0.717, 1.165) is 19.0 Å². The fraction of sp³-hybridized carbons (Fsp3) is 0.600. The highest BCUT2D eigenvalue weighted by atomic mass is 19.1. The van der Waals surface area contributed by atoms with Crippen molar-refractivity contribution in [2.45, 2.75) is 40.2 Å². The number of rotatable bonds is 6. The van der Waals surface area contributed by atoms with Gasteiger partial charge in [0, 0.05) is 11.6 Å². The van der Waals surface area contributed by atoms with Crippen molar-refractivity contribution >= 4 is 0 Å². The molecular formula is C15H23F2N. The van der Waals surface area contributed by atoms with Crippen molar-refractivity contribution < 1.29 is 8.78 Å². The molecule has 0 radical (unpaired) electrons. The van der Waals surface area contributed by atoms with Crippen LogP contribution in [-0.4, -0.2) is 6.54 Å². The van der Waals surface area contributed by atoms with Gasteiger partial charge in [0.2, 0.25) is 0 Å². The maximum Gasteiger partial charge on any atom is 0.128 e. The first-order chi connectivity index (χ1) is 8.45. The summed E-state index contributed by atoms with van der Waals surface area (Å²) in [6.45, 7) is 9.08. The Morgan fingerprint density at radius 1 is 1.17 bits per heavy atom. The van der Waals surface area contributed by atoms with Crippen molar-refractivity contribution in [3.8, 4) is 0 Å². The monoisotopic (exact) mass is 255 g/mol. The third-order valence-electron chi connectivity index (χ3n) is 3.13. The minimum Gasteiger partial charge on any atom is -0.310 e. The van der Waals surface area contributed by atoms with Crippen LogP contribution in [0.5, 0.6) is 0 Å². The van der Waals surface area contributed by atoms with Gasteiger partial charge in [0.25, 0.3) is 0 Å². The van der Waals surface area contributed by atoms with E-state index >= 15 is 0 Å². The normalized spacial score (nSPS) is 14.8. The molecule has 0 aliphatic rings. The third-order valence-corrected chi connectivity index (χ3v) is 3.13. The van der Waals surface area contributed by atoms with E-state index in [0.29, 0.717) is 11.5 Å². The van der Waals surface area contributed by atoms with Gasteiger partial charge in [0.15, 0.2) is 0 Å². The standard InChI is InChI=1S/C15H23F2N/c1-5-18-15(11(4)8-10(2)3)13-9-12(16)6-7-14(13)17/h6-7,9-11,15,18H,5,8H2,1-4H3. The predicted molar refractivity (Wildman–Crippen MR) is 71.4 cm³/mol. The van der Waals surface area contributed by atoms with E-state index in [-0.39, 0.29) is 23.6 Å². The van der Waals surface area contributed by atoms with Gasteiger partial charge in [-0.05, 0) is 43.0 Å². The van der Waals surface area contributed by atoms with Crippen LogP contribution in [0.1, 0.15) is 45.7 Å². The van der Waals surface area contributed by atoms with E-state index in [9.17, 15) is 8.78 Å². The van der Waals surface area contributed by atoms with Gasteiger partial charge in [-0.3, -0.25) is 0 Å². The van der Waals surface area contributed by atoms with Crippen LogP contribution in [0.2, 0.25) is 0 Å². The molecule has 0 aliphatic carbocycles. The number of hydrogen-bond donors (Lipinski definition) is 1. The Hall–Kier alpha value is -0.960. The highest BCUT2D eigenvalue weighted by Gasteiger charge is 2.22. The topological polar surface area (TPSA) is 12.0 Å². The molecule has 0 aromatic heterocycles. The van der Waals surface area contributed by atoms with Crippen LogP contribution in [-0.2, 0) is 0 Å². The summed E-state index contributed by atoms with van der Waals surface area (Å²) in [6.07, 6.45) is 0.980. The van der Waals surface area contributed by atoms with Crippen molar-refractivity contribution in [3.05, 3.63) is 35.4 Å². The second-order valence-corrected chi connectivity index (χ2v) is 5.31. The Balaban J connectivity index is 2.99. The van der Waals surface area contributed by atoms with Gasteiger partial charge < -0.3 is 5.32 Å². The minimum atomic E-state index is -0.383. The lowest BCUT2D eigenvalue weighted by Crippen LogP contribution is -2.28. The zero-order chi connectivity index (χ0) is 13.7. The highest BCUT2D eigenvalue weighted by Crippen LogP contribution is 2.29. The number of halogens is 2. The Labute approximate surface area is 109 Å². The molecule has 0 saturated heterocycles. The Morgan fingerprint density at radius 2 is 1.83 bits per heavy atom. The van der Waals surface area contributed by atoms with Gasteiger partial charge in [-0.15, -0.1) is 0 Å². The largest absolute Gasteiger partial charge is 0.310 e. The SMILES string of the molecule is CCNC(c1cc(F)ccc1F)C(C)CC(C)C. The van der Waals surface area contributed by atoms with Gasteiger partial charge in [-0.25, -0.2) is 8.78 Å². The van der Waals surface area contributed by atoms with Crippen LogP contribution in [0, 0.1) is 23.5 Å². The minimum absolute atomic E-state index is 0.131. The van der Waals surface area contributed by atoms with Crippen molar-refractivity contribution in [1.82, 2.24) is 5.32 Å². The van der Waals surface area contributed by atoms with E-state index in [1.54, 1.807) is 0 Å². The molecule has 0 spiro atoms. The van der Waals surface area contributed by atoms with Crippen molar-refractivity contribution in [1.29, 1.82) is 0 Å². The molecule has 0 aliphatic heterocycles. The molecule has 0 heterocycles. The number of nitrogens with one attached hydrogen (secondary N) is 1. The van der Waals surface area contributed by atoms with Crippen molar-refractivity contribution in [3.63, 3.8) is 0 Å². The van der Waals surface area contributed by atoms with Gasteiger partial charge in [0.1, 0.15) is 11.6 Å². The first-order valence-corrected chi connectivity index (χ1v) is 6.64. The quantitative estimate of drug-likeness (QED) is 0.799. The van der Waals surface area contributed by atoms with Crippen LogP contribution in [0.25, 0.3) is 0 Å². The maximum atomic E-state index is 13.8. The molecule has 2 unspecified atom stereocenters. The summed E-state index contributed by atoms with van der Waals surface area (Å²) in [4.78, 5) is 0. The Kier molecular flexibility index (Phi) is 5.73. The lowest BCUT2D eigenvalue weighted by molar-refractivity contribution is 0.324. The fourth-order valence-corrected chi connectivity index (χ4v) is 2.47. The third kappa shape index (κ3) is 4.05. The van der Waals surface area contributed by atoms with Gasteiger partial charge in [-0.2, -0.15) is 0 Å². The van der Waals surface area contributed by atoms with Crippen LogP contribution in [0.3, 0.4) is 0 Å². The molecule has 0 bridgehead atoms. The van der Waals surface area contributed by atoms with Gasteiger partial charge in [0.05, 0.1) is 0 Å². The van der Waals surface area contributed by atoms with E-state index in [2.05, 4.69) is 26.1 Å². The lowest BCUT2D eigenvalue weighted by Gasteiger charge is -2.27. The fourth-order valence-electron chi connectivity index (χ4n) is 2.47. The lowest BCUT2D eigenvalue weighted by atomic mass is 9.87. The molecule has 1 N–H and O–H groups in total. The van der Waals surface area contributed by atoms with Crippen LogP contribution in [0.4, 0.5) is 8.78 Å². The first kappa shape index (κ1) is 15.1. The van der Waals surface area contributed by atoms with E-state index < -0.39 is 0 Å². The molecule has 0 saturated carbocycles. The highest BCUT2D eigenvalue weighted by molar-refractivity contribution is 5.23. The predicted octanol–water partition coefficient (Wildman–Crippen LogP) is 4.30. The zero-order valence-corrected chi connectivity index (χ0v) is 11.6. The van der Waals surface area contributed by atoms with Crippen LogP contribution < -0.4 is 5.32 Å². The molecule has 1 nitrogen and oxygen atoms in total. The summed E-state index contributed by atoms with van der Waals surface area (Å²) in [5.41, 5.74) is 0.435. The molecule has 1 aromatic carbocycles. The number of benzene rings is 1. The molecule has 1 rings (SSSR count). The van der Waals surface area contributed by atoms with Gasteiger partial charge in [-0.1, -0.05) is 27.7 Å². The molecule has 2 atom stereocenters. The second kappa shape index (κ2) is 6.83. The molecule has 0 amide bonds. The summed E-state index contributed by atoms with van der Waals surface area (Å²) in [7, 11) is 0. The van der Waals surface area contributed by atoms with Crippen molar-refractivity contribution in [2.24, 2.45) is 11.8 Å². The summed E-state index contributed by atoms with van der Waals surface area (Å²) in [5, 5.41) is 3.27. The average Bonchev–Trinajstić information content (AvgIpc) is 2.28. The molecule has 18 heavy (non-hydrogen) atoms. The molecule has 1 aromatic rings. The van der Waals surface area contributed by atoms with E-state index in [4.69, 9.17) is 0 Å². The van der Waals surface area contributed by atoms with Crippen molar-refractivity contribution in [2.75, 3.05) is 6.54 Å². The second-order valence-electron chi connectivity index (χ2n) is 5.31.